The summed E-state index contributed by atoms with van der Waals surface area (Å²) in [4.78, 5) is 10.6. The highest BCUT2D eigenvalue weighted by molar-refractivity contribution is 6.01. The fourth-order valence-corrected chi connectivity index (χ4v) is 0.443. The molecule has 0 bridgehead atoms. The van der Waals surface area contributed by atoms with Crippen LogP contribution in [0.4, 0.5) is 0 Å². The first-order valence-corrected chi connectivity index (χ1v) is 2.42. The summed E-state index contributed by atoms with van der Waals surface area (Å²) in [6.45, 7) is 3.28. The van der Waals surface area contributed by atoms with E-state index in [0.29, 0.717) is 0 Å². The van der Waals surface area contributed by atoms with E-state index in [2.05, 4.69) is 16.3 Å². The summed E-state index contributed by atoms with van der Waals surface area (Å²) in [6, 6.07) is 1.49. The Hall–Kier alpha value is -1.38. The average Bonchev–Trinajstić information content (AvgIpc) is 2.37. The van der Waals surface area contributed by atoms with Crippen molar-refractivity contribution >= 4 is 5.78 Å². The molecular weight excluding hydrogens is 118 g/mol. The molecule has 0 spiro atoms. The quantitative estimate of drug-likeness (QED) is 0.436. The van der Waals surface area contributed by atoms with Gasteiger partial charge in [-0.25, -0.2) is 0 Å². The van der Waals surface area contributed by atoms with Gasteiger partial charge in [-0.05, 0) is 6.08 Å². The van der Waals surface area contributed by atoms with Crippen LogP contribution in [-0.4, -0.2) is 10.9 Å². The Balaban J connectivity index is 2.89. The Morgan fingerprint density at radius 2 is 2.67 bits per heavy atom. The van der Waals surface area contributed by atoms with Crippen molar-refractivity contribution in [1.29, 1.82) is 0 Å². The molecule has 0 aliphatic carbocycles. The lowest BCUT2D eigenvalue weighted by Crippen LogP contribution is -1.88. The van der Waals surface area contributed by atoms with Gasteiger partial charge in [0.25, 0.3) is 0 Å². The molecule has 1 rings (SSSR count). The standard InChI is InChI=1S/C6H5NO2/c1-2-5(8)6-3-4-7-9-6/h2-4H,1H2. The molecule has 0 aliphatic heterocycles. The molecule has 1 aromatic heterocycles. The smallest absolute Gasteiger partial charge is 0.223 e. The maximum Gasteiger partial charge on any atom is 0.223 e. The van der Waals surface area contributed by atoms with Gasteiger partial charge in [-0.1, -0.05) is 11.7 Å². The highest BCUT2D eigenvalue weighted by Crippen LogP contribution is 1.97. The lowest BCUT2D eigenvalue weighted by Gasteiger charge is -1.79. The molecule has 1 heterocycles. The van der Waals surface area contributed by atoms with Crippen molar-refractivity contribution < 1.29 is 9.32 Å². The van der Waals surface area contributed by atoms with Crippen molar-refractivity contribution in [3.8, 4) is 0 Å². The molecule has 0 N–H and O–H groups in total. The van der Waals surface area contributed by atoms with Gasteiger partial charge in [-0.2, -0.15) is 0 Å². The Bertz CT molecular complexity index is 213. The summed E-state index contributed by atoms with van der Waals surface area (Å²) in [7, 11) is 0. The second-order valence-electron chi connectivity index (χ2n) is 1.45. The van der Waals surface area contributed by atoms with Crippen molar-refractivity contribution in [2.75, 3.05) is 0 Å². The number of ketones is 1. The Morgan fingerprint density at radius 3 is 3.11 bits per heavy atom. The lowest BCUT2D eigenvalue weighted by molar-refractivity contribution is 0.101. The number of nitrogens with zero attached hydrogens (tertiary/aromatic N) is 1. The first kappa shape index (κ1) is 5.75. The molecule has 0 fully saturated rings. The van der Waals surface area contributed by atoms with Crippen LogP contribution < -0.4 is 0 Å². The third-order valence-corrected chi connectivity index (χ3v) is 0.866. The van der Waals surface area contributed by atoms with E-state index in [1.54, 1.807) is 0 Å². The van der Waals surface area contributed by atoms with Gasteiger partial charge in [-0.3, -0.25) is 4.79 Å². The second kappa shape index (κ2) is 2.26. The Labute approximate surface area is 52.0 Å². The minimum absolute atomic E-state index is 0.227. The van der Waals surface area contributed by atoms with Crippen LogP contribution >= 0.6 is 0 Å². The minimum Gasteiger partial charge on any atom is -0.353 e. The molecule has 0 atom stereocenters. The molecule has 0 aliphatic rings. The van der Waals surface area contributed by atoms with Crippen LogP contribution in [0.2, 0.25) is 0 Å². The first-order valence-electron chi connectivity index (χ1n) is 2.42. The lowest BCUT2D eigenvalue weighted by atomic mass is 10.3. The number of carbonyl (C=O) groups excluding carboxylic acids is 1. The van der Waals surface area contributed by atoms with Gasteiger partial charge in [0.1, 0.15) is 0 Å². The van der Waals surface area contributed by atoms with Gasteiger partial charge in [-0.15, -0.1) is 0 Å². The average molecular weight is 123 g/mol. The third kappa shape index (κ3) is 1.05. The van der Waals surface area contributed by atoms with Crippen molar-refractivity contribution in [2.24, 2.45) is 0 Å². The summed E-state index contributed by atoms with van der Waals surface area (Å²) < 4.78 is 4.52. The number of aromatic nitrogens is 1. The van der Waals surface area contributed by atoms with E-state index in [0.717, 1.165) is 0 Å². The topological polar surface area (TPSA) is 43.1 Å². The molecule has 3 nitrogen and oxygen atoms in total. The van der Waals surface area contributed by atoms with Gasteiger partial charge >= 0.3 is 0 Å². The molecule has 46 valence electrons. The number of allylic oxidation sites excluding steroid dienone is 1. The molecule has 9 heavy (non-hydrogen) atoms. The van der Waals surface area contributed by atoms with E-state index < -0.39 is 0 Å². The van der Waals surface area contributed by atoms with Gasteiger partial charge < -0.3 is 4.52 Å². The van der Waals surface area contributed by atoms with Gasteiger partial charge in [0.05, 0.1) is 6.20 Å². The van der Waals surface area contributed by atoms with Crippen LogP contribution in [0, 0.1) is 0 Å². The summed E-state index contributed by atoms with van der Waals surface area (Å²) in [5.74, 6) is -0.0162. The van der Waals surface area contributed by atoms with E-state index >= 15 is 0 Å². The van der Waals surface area contributed by atoms with Crippen LogP contribution in [0.15, 0.2) is 29.4 Å². The molecule has 0 saturated heterocycles. The first-order chi connectivity index (χ1) is 4.34. The zero-order chi connectivity index (χ0) is 6.69. The van der Waals surface area contributed by atoms with E-state index in [4.69, 9.17) is 0 Å². The Kier molecular flexibility index (Phi) is 1.44. The van der Waals surface area contributed by atoms with Crippen LogP contribution in [0.1, 0.15) is 10.6 Å². The maximum absolute atomic E-state index is 10.6. The summed E-state index contributed by atoms with van der Waals surface area (Å²) in [6.07, 6.45) is 2.59. The highest BCUT2D eigenvalue weighted by Gasteiger charge is 2.02. The third-order valence-electron chi connectivity index (χ3n) is 0.866. The number of rotatable bonds is 2. The minimum atomic E-state index is -0.243. The highest BCUT2D eigenvalue weighted by atomic mass is 16.5. The zero-order valence-electron chi connectivity index (χ0n) is 4.70. The van der Waals surface area contributed by atoms with Crippen LogP contribution in [-0.2, 0) is 0 Å². The fraction of sp³-hybridized carbons (Fsp3) is 0. The number of hydrogen-bond donors (Lipinski definition) is 0. The molecule has 0 saturated carbocycles. The molecule has 3 heteroatoms. The van der Waals surface area contributed by atoms with Crippen molar-refractivity contribution in [3.05, 3.63) is 30.7 Å². The molecule has 1 aromatic rings. The SMILES string of the molecule is C=CC(=O)c1ccno1. The molecular formula is C6H5NO2. The normalized spacial score (nSPS) is 8.89. The molecule has 0 unspecified atom stereocenters. The summed E-state index contributed by atoms with van der Waals surface area (Å²) >= 11 is 0. The van der Waals surface area contributed by atoms with Crippen LogP contribution in [0.5, 0.6) is 0 Å². The Morgan fingerprint density at radius 1 is 1.89 bits per heavy atom. The predicted molar refractivity (Wildman–Crippen MR) is 31.0 cm³/mol. The second-order valence-corrected chi connectivity index (χ2v) is 1.45. The van der Waals surface area contributed by atoms with Crippen molar-refractivity contribution in [2.45, 2.75) is 0 Å². The summed E-state index contributed by atoms with van der Waals surface area (Å²) in [5.41, 5.74) is 0. The van der Waals surface area contributed by atoms with E-state index in [1.165, 1.54) is 18.3 Å². The number of carbonyl (C=O) groups is 1. The van der Waals surface area contributed by atoms with E-state index in [9.17, 15) is 4.79 Å². The molecule has 0 radical (unpaired) electrons. The monoisotopic (exact) mass is 123 g/mol. The van der Waals surface area contributed by atoms with Crippen LogP contribution in [0.3, 0.4) is 0 Å². The zero-order valence-corrected chi connectivity index (χ0v) is 4.70. The van der Waals surface area contributed by atoms with Crippen molar-refractivity contribution in [3.63, 3.8) is 0 Å². The van der Waals surface area contributed by atoms with E-state index in [-0.39, 0.29) is 11.5 Å². The fourth-order valence-electron chi connectivity index (χ4n) is 0.443. The maximum atomic E-state index is 10.6. The van der Waals surface area contributed by atoms with Gasteiger partial charge in [0.2, 0.25) is 11.5 Å². The molecule has 0 amide bonds. The van der Waals surface area contributed by atoms with Crippen LogP contribution in [0.25, 0.3) is 0 Å². The number of hydrogen-bond acceptors (Lipinski definition) is 3. The van der Waals surface area contributed by atoms with Crippen molar-refractivity contribution in [1.82, 2.24) is 5.16 Å². The molecule has 0 aromatic carbocycles. The predicted octanol–water partition coefficient (Wildman–Crippen LogP) is 1.04. The largest absolute Gasteiger partial charge is 0.353 e. The van der Waals surface area contributed by atoms with Gasteiger partial charge in [0, 0.05) is 6.07 Å². The van der Waals surface area contributed by atoms with Gasteiger partial charge in [0.15, 0.2) is 0 Å². The summed E-state index contributed by atoms with van der Waals surface area (Å²) in [5, 5.41) is 3.35. The van der Waals surface area contributed by atoms with E-state index in [1.807, 2.05) is 0 Å².